The lowest BCUT2D eigenvalue weighted by molar-refractivity contribution is 0.142. The van der Waals surface area contributed by atoms with E-state index < -0.39 is 22.1 Å². The van der Waals surface area contributed by atoms with Gasteiger partial charge in [0.2, 0.25) is 0 Å². The summed E-state index contributed by atoms with van der Waals surface area (Å²) < 4.78 is 52.7. The van der Waals surface area contributed by atoms with E-state index in [1.807, 2.05) is 20.8 Å². The van der Waals surface area contributed by atoms with Crippen LogP contribution >= 0.6 is 11.3 Å². The van der Waals surface area contributed by atoms with E-state index in [2.05, 4.69) is 40.5 Å². The normalized spacial score (nSPS) is 11.9. The summed E-state index contributed by atoms with van der Waals surface area (Å²) in [6, 6.07) is 8.22. The Kier molecular flexibility index (Phi) is 6.76. The number of nitrogens with one attached hydrogen (secondary N) is 3. The zero-order valence-corrected chi connectivity index (χ0v) is 23.2. The number of aromatic amines is 1. The summed E-state index contributed by atoms with van der Waals surface area (Å²) in [4.78, 5) is 25.0. The van der Waals surface area contributed by atoms with Crippen molar-refractivity contribution in [2.75, 3.05) is 16.9 Å². The topological polar surface area (TPSA) is 138 Å². The Morgan fingerprint density at radius 1 is 0.897 bits per heavy atom. The quantitative estimate of drug-likeness (QED) is 0.217. The number of pyridine rings is 1. The third kappa shape index (κ3) is 5.56. The zero-order valence-electron chi connectivity index (χ0n) is 21.6. The molecule has 10 nitrogen and oxygen atoms in total. The molecule has 0 spiro atoms. The average Bonchev–Trinajstić information content (AvgIpc) is 3.41. The van der Waals surface area contributed by atoms with Gasteiger partial charge in [0.15, 0.2) is 21.3 Å². The molecule has 0 radical (unpaired) electrons. The standard InChI is InChI=1S/C25H24F2N8O2S2/c1-11-8-19(29-13(3)28-11)32-20-10-17(22-24(33-20)35-25(34-22)23(26)27)31-16-7-6-15(9-18(16)39(5,36)37)21-12(2)38-14(4)30-21/h6-10,23H,1-5H3,(H3,28,29,31,32,33,34,35). The highest BCUT2D eigenvalue weighted by atomic mass is 32.2. The van der Waals surface area contributed by atoms with Gasteiger partial charge in [0.1, 0.15) is 23.0 Å². The highest BCUT2D eigenvalue weighted by Gasteiger charge is 2.21. The van der Waals surface area contributed by atoms with Crippen molar-refractivity contribution >= 4 is 55.3 Å². The molecule has 14 heteroatoms. The minimum atomic E-state index is -3.70. The highest BCUT2D eigenvalue weighted by Crippen LogP contribution is 2.35. The van der Waals surface area contributed by atoms with E-state index in [1.165, 1.54) is 11.3 Å². The van der Waals surface area contributed by atoms with E-state index in [0.29, 0.717) is 28.6 Å². The molecule has 202 valence electrons. The van der Waals surface area contributed by atoms with Gasteiger partial charge in [0, 0.05) is 34.5 Å². The predicted octanol–water partition coefficient (Wildman–Crippen LogP) is 5.93. The van der Waals surface area contributed by atoms with Gasteiger partial charge in [-0.3, -0.25) is 0 Å². The van der Waals surface area contributed by atoms with Gasteiger partial charge in [-0.25, -0.2) is 42.1 Å². The summed E-state index contributed by atoms with van der Waals surface area (Å²) in [5.74, 6) is 0.707. The molecule has 0 bridgehead atoms. The number of halogens is 2. The van der Waals surface area contributed by atoms with Crippen LogP contribution in [0.4, 0.5) is 31.8 Å². The molecule has 5 rings (SSSR count). The molecule has 0 amide bonds. The molecule has 39 heavy (non-hydrogen) atoms. The van der Waals surface area contributed by atoms with Crippen molar-refractivity contribution in [2.24, 2.45) is 0 Å². The monoisotopic (exact) mass is 570 g/mol. The van der Waals surface area contributed by atoms with E-state index in [9.17, 15) is 17.2 Å². The van der Waals surface area contributed by atoms with Gasteiger partial charge in [-0.2, -0.15) is 0 Å². The van der Waals surface area contributed by atoms with Gasteiger partial charge >= 0.3 is 0 Å². The van der Waals surface area contributed by atoms with E-state index in [-0.39, 0.29) is 27.6 Å². The molecular formula is C25H24F2N8O2S2. The molecule has 0 atom stereocenters. The Morgan fingerprint density at radius 3 is 2.28 bits per heavy atom. The van der Waals surface area contributed by atoms with Crippen molar-refractivity contribution in [3.05, 3.63) is 57.6 Å². The van der Waals surface area contributed by atoms with E-state index in [0.717, 1.165) is 21.8 Å². The first kappa shape index (κ1) is 26.6. The molecule has 0 aliphatic rings. The molecule has 1 aromatic carbocycles. The van der Waals surface area contributed by atoms with Crippen molar-refractivity contribution in [1.29, 1.82) is 0 Å². The number of anilines is 4. The number of H-pyrrole nitrogens is 1. The molecule has 3 N–H and O–H groups in total. The Morgan fingerprint density at radius 2 is 1.64 bits per heavy atom. The van der Waals surface area contributed by atoms with Gasteiger partial charge in [0.25, 0.3) is 6.43 Å². The van der Waals surface area contributed by atoms with Crippen molar-refractivity contribution in [1.82, 2.24) is 29.9 Å². The van der Waals surface area contributed by atoms with E-state index >= 15 is 0 Å². The van der Waals surface area contributed by atoms with Crippen LogP contribution in [0.5, 0.6) is 0 Å². The van der Waals surface area contributed by atoms with Crippen LogP contribution in [-0.2, 0) is 9.84 Å². The van der Waals surface area contributed by atoms with Gasteiger partial charge in [-0.1, -0.05) is 6.07 Å². The number of benzene rings is 1. The molecule has 0 aliphatic carbocycles. The number of rotatable bonds is 7. The van der Waals surface area contributed by atoms with Crippen molar-refractivity contribution in [3.63, 3.8) is 0 Å². The predicted molar refractivity (Wildman–Crippen MR) is 147 cm³/mol. The SMILES string of the molecule is Cc1cc(Nc2cc(Nc3ccc(-c4nc(C)sc4C)cc3S(C)(=O)=O)c3[nH]c(C(F)F)nc3n2)nc(C)n1. The Balaban J connectivity index is 1.62. The fourth-order valence-corrected chi connectivity index (χ4v) is 5.91. The second kappa shape index (κ2) is 9.93. The fraction of sp³-hybridized carbons (Fsp3) is 0.240. The molecule has 0 saturated heterocycles. The maximum Gasteiger partial charge on any atom is 0.295 e. The van der Waals surface area contributed by atoms with Crippen LogP contribution < -0.4 is 10.6 Å². The first-order valence-electron chi connectivity index (χ1n) is 11.7. The lowest BCUT2D eigenvalue weighted by atomic mass is 10.1. The van der Waals surface area contributed by atoms with Crippen molar-refractivity contribution in [2.45, 2.75) is 39.0 Å². The zero-order chi connectivity index (χ0) is 28.1. The van der Waals surface area contributed by atoms with Crippen LogP contribution in [0.1, 0.15) is 33.7 Å². The van der Waals surface area contributed by atoms with Crippen molar-refractivity contribution in [3.8, 4) is 11.3 Å². The van der Waals surface area contributed by atoms with E-state index in [1.54, 1.807) is 37.3 Å². The van der Waals surface area contributed by atoms with Gasteiger partial charge in [0.05, 0.1) is 27.0 Å². The van der Waals surface area contributed by atoms with Gasteiger partial charge < -0.3 is 15.6 Å². The summed E-state index contributed by atoms with van der Waals surface area (Å²) in [6.07, 6.45) is -1.75. The number of imidazole rings is 1. The lowest BCUT2D eigenvalue weighted by Gasteiger charge is -2.14. The van der Waals surface area contributed by atoms with Gasteiger partial charge in [-0.15, -0.1) is 11.3 Å². The largest absolute Gasteiger partial charge is 0.353 e. The van der Waals surface area contributed by atoms with Crippen molar-refractivity contribution < 1.29 is 17.2 Å². The maximum absolute atomic E-state index is 13.5. The number of hydrogen-bond donors (Lipinski definition) is 3. The Labute approximate surface area is 226 Å². The number of nitrogens with zero attached hydrogens (tertiary/aromatic N) is 5. The summed E-state index contributed by atoms with van der Waals surface area (Å²) in [7, 11) is -3.70. The number of thiazole rings is 1. The van der Waals surface area contributed by atoms with E-state index in [4.69, 9.17) is 0 Å². The van der Waals surface area contributed by atoms with Crippen LogP contribution in [0.15, 0.2) is 35.2 Å². The number of sulfone groups is 1. The number of aromatic nitrogens is 6. The highest BCUT2D eigenvalue weighted by molar-refractivity contribution is 7.90. The van der Waals surface area contributed by atoms with Crippen LogP contribution in [0.25, 0.3) is 22.4 Å². The lowest BCUT2D eigenvalue weighted by Crippen LogP contribution is -2.05. The smallest absolute Gasteiger partial charge is 0.295 e. The molecule has 0 fully saturated rings. The molecule has 5 aromatic rings. The van der Waals surface area contributed by atoms with Gasteiger partial charge in [-0.05, 0) is 39.8 Å². The molecule has 0 saturated carbocycles. The van der Waals surface area contributed by atoms with Crippen LogP contribution in [0, 0.1) is 27.7 Å². The number of hydrogen-bond acceptors (Lipinski definition) is 10. The second-order valence-corrected chi connectivity index (χ2v) is 12.4. The minimum Gasteiger partial charge on any atom is -0.353 e. The Hall–Kier alpha value is -4.04. The number of fused-ring (bicyclic) bond motifs is 1. The molecule has 0 aliphatic heterocycles. The molecular weight excluding hydrogens is 546 g/mol. The third-order valence-electron chi connectivity index (χ3n) is 5.74. The molecule has 4 heterocycles. The van der Waals surface area contributed by atoms with Crippen LogP contribution in [0.3, 0.4) is 0 Å². The maximum atomic E-state index is 13.5. The van der Waals surface area contributed by atoms with Crippen LogP contribution in [-0.4, -0.2) is 44.6 Å². The Bertz CT molecular complexity index is 1810. The third-order valence-corrected chi connectivity index (χ3v) is 7.76. The summed E-state index contributed by atoms with van der Waals surface area (Å²) in [6.45, 7) is 7.37. The van der Waals surface area contributed by atoms with Crippen LogP contribution in [0.2, 0.25) is 0 Å². The minimum absolute atomic E-state index is 0.0198. The fourth-order valence-electron chi connectivity index (χ4n) is 4.21. The first-order valence-corrected chi connectivity index (χ1v) is 14.4. The number of aryl methyl sites for hydroxylation is 4. The second-order valence-electron chi connectivity index (χ2n) is 8.99. The molecule has 0 unspecified atom stereocenters. The summed E-state index contributed by atoms with van der Waals surface area (Å²) in [5.41, 5.74) is 2.85. The first-order chi connectivity index (χ1) is 18.4. The average molecular weight is 571 g/mol. The molecule has 4 aromatic heterocycles. The summed E-state index contributed by atoms with van der Waals surface area (Å²) >= 11 is 1.52. The number of alkyl halides is 2. The summed E-state index contributed by atoms with van der Waals surface area (Å²) in [5, 5.41) is 7.02.